The monoisotopic (exact) mass is 251 g/mol. The van der Waals surface area contributed by atoms with Crippen molar-refractivity contribution >= 4 is 11.9 Å². The van der Waals surface area contributed by atoms with Gasteiger partial charge in [0, 0.05) is 13.3 Å². The molecule has 1 aromatic rings. The summed E-state index contributed by atoms with van der Waals surface area (Å²) in [7, 11) is 1.57. The van der Waals surface area contributed by atoms with E-state index in [0.29, 0.717) is 6.42 Å². The Bertz CT molecular complexity index is 414. The second-order valence-corrected chi connectivity index (χ2v) is 3.96. The van der Waals surface area contributed by atoms with Gasteiger partial charge in [0.05, 0.1) is 13.2 Å². The van der Waals surface area contributed by atoms with Gasteiger partial charge in [-0.2, -0.15) is 0 Å². The Morgan fingerprint density at radius 1 is 1.33 bits per heavy atom. The van der Waals surface area contributed by atoms with E-state index in [9.17, 15) is 9.59 Å². The second-order valence-electron chi connectivity index (χ2n) is 3.96. The summed E-state index contributed by atoms with van der Waals surface area (Å²) < 4.78 is 5.05. The van der Waals surface area contributed by atoms with E-state index in [1.165, 1.54) is 6.92 Å². The third kappa shape index (κ3) is 4.45. The van der Waals surface area contributed by atoms with Crippen LogP contribution in [0.15, 0.2) is 24.3 Å². The quantitative estimate of drug-likeness (QED) is 0.807. The molecule has 0 fully saturated rings. The molecule has 0 radical (unpaired) electrons. The number of nitrogens with one attached hydrogen (secondary N) is 1. The minimum absolute atomic E-state index is 0.0109. The van der Waals surface area contributed by atoms with Crippen molar-refractivity contribution < 1.29 is 19.4 Å². The number of benzene rings is 1. The maximum atomic E-state index is 11.1. The molecule has 0 aliphatic rings. The molecule has 1 aromatic carbocycles. The van der Waals surface area contributed by atoms with Crippen molar-refractivity contribution in [1.29, 1.82) is 0 Å². The van der Waals surface area contributed by atoms with E-state index in [2.05, 4.69) is 5.32 Å². The summed E-state index contributed by atoms with van der Waals surface area (Å²) in [5.41, 5.74) is 0.868. The summed E-state index contributed by atoms with van der Waals surface area (Å²) in [5, 5.41) is 11.4. The minimum atomic E-state index is -0.876. The van der Waals surface area contributed by atoms with E-state index in [4.69, 9.17) is 9.84 Å². The Morgan fingerprint density at radius 2 is 1.94 bits per heavy atom. The number of hydrogen-bond acceptors (Lipinski definition) is 3. The van der Waals surface area contributed by atoms with E-state index in [1.807, 2.05) is 12.1 Å². The molecular weight excluding hydrogens is 234 g/mol. The van der Waals surface area contributed by atoms with Gasteiger partial charge in [0.15, 0.2) is 0 Å². The largest absolute Gasteiger partial charge is 0.497 e. The van der Waals surface area contributed by atoms with Gasteiger partial charge in [0.1, 0.15) is 5.75 Å². The van der Waals surface area contributed by atoms with E-state index >= 15 is 0 Å². The van der Waals surface area contributed by atoms with Crippen molar-refractivity contribution in [1.82, 2.24) is 5.32 Å². The molecule has 1 atom stereocenters. The Kier molecular flexibility index (Phi) is 5.17. The lowest BCUT2D eigenvalue weighted by molar-refractivity contribution is -0.137. The number of carbonyl (C=O) groups excluding carboxylic acids is 1. The summed E-state index contributed by atoms with van der Waals surface area (Å²) in [6, 6.07) is 6.92. The van der Waals surface area contributed by atoms with Crippen LogP contribution in [0.1, 0.15) is 31.4 Å². The van der Waals surface area contributed by atoms with E-state index in [1.54, 1.807) is 19.2 Å². The number of hydrogen-bond donors (Lipinski definition) is 2. The van der Waals surface area contributed by atoms with Gasteiger partial charge in [-0.15, -0.1) is 0 Å². The van der Waals surface area contributed by atoms with Gasteiger partial charge < -0.3 is 15.2 Å². The lowest BCUT2D eigenvalue weighted by Gasteiger charge is -2.17. The summed E-state index contributed by atoms with van der Waals surface area (Å²) in [5.74, 6) is -0.335. The maximum Gasteiger partial charge on any atom is 0.303 e. The Hall–Kier alpha value is -2.04. The number of aliphatic carboxylic acids is 1. The normalized spacial score (nSPS) is 11.7. The van der Waals surface area contributed by atoms with Gasteiger partial charge >= 0.3 is 5.97 Å². The smallest absolute Gasteiger partial charge is 0.303 e. The molecule has 0 saturated heterocycles. The zero-order valence-electron chi connectivity index (χ0n) is 10.5. The third-order valence-corrected chi connectivity index (χ3v) is 2.54. The zero-order valence-corrected chi connectivity index (χ0v) is 10.5. The molecule has 0 aromatic heterocycles. The zero-order chi connectivity index (χ0) is 13.5. The minimum Gasteiger partial charge on any atom is -0.497 e. The Morgan fingerprint density at radius 3 is 2.39 bits per heavy atom. The van der Waals surface area contributed by atoms with Crippen molar-refractivity contribution in [2.45, 2.75) is 25.8 Å². The maximum absolute atomic E-state index is 11.1. The van der Waals surface area contributed by atoms with Crippen LogP contribution in [0.3, 0.4) is 0 Å². The van der Waals surface area contributed by atoms with Crippen molar-refractivity contribution in [2.24, 2.45) is 0 Å². The van der Waals surface area contributed by atoms with Crippen molar-refractivity contribution in [2.75, 3.05) is 7.11 Å². The Balaban J connectivity index is 2.79. The average molecular weight is 251 g/mol. The van der Waals surface area contributed by atoms with Crippen LogP contribution in [0.2, 0.25) is 0 Å². The van der Waals surface area contributed by atoms with Crippen LogP contribution in [-0.4, -0.2) is 24.1 Å². The first-order chi connectivity index (χ1) is 8.52. The molecule has 0 spiro atoms. The number of carboxylic acids is 1. The number of ether oxygens (including phenoxy) is 1. The lowest BCUT2D eigenvalue weighted by Crippen LogP contribution is -2.26. The number of amides is 1. The van der Waals surface area contributed by atoms with Crippen LogP contribution in [0.25, 0.3) is 0 Å². The average Bonchev–Trinajstić information content (AvgIpc) is 2.34. The highest BCUT2D eigenvalue weighted by Crippen LogP contribution is 2.21. The van der Waals surface area contributed by atoms with Crippen LogP contribution in [0.4, 0.5) is 0 Å². The lowest BCUT2D eigenvalue weighted by atomic mass is 10.0. The molecule has 0 saturated carbocycles. The van der Waals surface area contributed by atoms with Gasteiger partial charge in [0.2, 0.25) is 5.91 Å². The van der Waals surface area contributed by atoms with Crippen LogP contribution < -0.4 is 10.1 Å². The standard InChI is InChI=1S/C13H17NO4/c1-9(15)14-12(7-8-13(16)17)10-3-5-11(18-2)6-4-10/h3-6,12H,7-8H2,1-2H3,(H,14,15)(H,16,17). The molecule has 0 aliphatic heterocycles. The predicted molar refractivity (Wildman–Crippen MR) is 66.4 cm³/mol. The second kappa shape index (κ2) is 6.64. The summed E-state index contributed by atoms with van der Waals surface area (Å²) in [4.78, 5) is 21.7. The topological polar surface area (TPSA) is 75.6 Å². The fraction of sp³-hybridized carbons (Fsp3) is 0.385. The van der Waals surface area contributed by atoms with Gasteiger partial charge in [-0.05, 0) is 24.1 Å². The summed E-state index contributed by atoms with van der Waals surface area (Å²) in [6.45, 7) is 1.41. The number of carboxylic acid groups (broad SMARTS) is 1. The van der Waals surface area contributed by atoms with Crippen molar-refractivity contribution in [3.05, 3.63) is 29.8 Å². The molecule has 0 aliphatic carbocycles. The first-order valence-electron chi connectivity index (χ1n) is 5.65. The van der Waals surface area contributed by atoms with Crippen molar-refractivity contribution in [3.63, 3.8) is 0 Å². The fourth-order valence-electron chi connectivity index (χ4n) is 1.67. The molecule has 5 nitrogen and oxygen atoms in total. The van der Waals surface area contributed by atoms with Gasteiger partial charge in [-0.1, -0.05) is 12.1 Å². The number of carbonyl (C=O) groups is 2. The molecule has 1 unspecified atom stereocenters. The highest BCUT2D eigenvalue weighted by atomic mass is 16.5. The molecule has 0 heterocycles. The van der Waals surface area contributed by atoms with Crippen molar-refractivity contribution in [3.8, 4) is 5.75 Å². The van der Waals surface area contributed by atoms with Gasteiger partial charge in [0.25, 0.3) is 0 Å². The molecule has 0 bridgehead atoms. The molecular formula is C13H17NO4. The van der Waals surface area contributed by atoms with E-state index in [-0.39, 0.29) is 18.4 Å². The molecule has 2 N–H and O–H groups in total. The third-order valence-electron chi connectivity index (χ3n) is 2.54. The summed E-state index contributed by atoms with van der Waals surface area (Å²) in [6.07, 6.45) is 0.373. The van der Waals surface area contributed by atoms with Crippen LogP contribution in [0, 0.1) is 0 Å². The SMILES string of the molecule is COc1ccc(C(CCC(=O)O)NC(C)=O)cc1. The first-order valence-corrected chi connectivity index (χ1v) is 5.65. The molecule has 5 heteroatoms. The van der Waals surface area contributed by atoms with Gasteiger partial charge in [-0.25, -0.2) is 0 Å². The highest BCUT2D eigenvalue weighted by molar-refractivity contribution is 5.73. The van der Waals surface area contributed by atoms with Crippen LogP contribution >= 0.6 is 0 Å². The van der Waals surface area contributed by atoms with Gasteiger partial charge in [-0.3, -0.25) is 9.59 Å². The molecule has 1 amide bonds. The Labute approximate surface area is 106 Å². The van der Waals surface area contributed by atoms with Crippen LogP contribution in [0.5, 0.6) is 5.75 Å². The first kappa shape index (κ1) is 14.0. The number of methoxy groups -OCH3 is 1. The number of rotatable bonds is 6. The van der Waals surface area contributed by atoms with Crippen LogP contribution in [-0.2, 0) is 9.59 Å². The molecule has 18 heavy (non-hydrogen) atoms. The van der Waals surface area contributed by atoms with E-state index < -0.39 is 5.97 Å². The summed E-state index contributed by atoms with van der Waals surface area (Å²) >= 11 is 0. The molecule has 98 valence electrons. The van der Waals surface area contributed by atoms with E-state index in [0.717, 1.165) is 11.3 Å². The highest BCUT2D eigenvalue weighted by Gasteiger charge is 2.14. The predicted octanol–water partition coefficient (Wildman–Crippen LogP) is 1.74. The fourth-order valence-corrected chi connectivity index (χ4v) is 1.67. The molecule has 1 rings (SSSR count).